The maximum Gasteiger partial charge on any atom is 0.0576 e. The fourth-order valence-electron chi connectivity index (χ4n) is 1.99. The molecule has 0 radical (unpaired) electrons. The summed E-state index contributed by atoms with van der Waals surface area (Å²) in [6, 6.07) is 8.38. The van der Waals surface area contributed by atoms with Gasteiger partial charge in [0.15, 0.2) is 0 Å². The fraction of sp³-hybridized carbons (Fsp3) is 0.333. The molecule has 1 N–H and O–H groups in total. The van der Waals surface area contributed by atoms with Crippen molar-refractivity contribution in [3.63, 3.8) is 0 Å². The van der Waals surface area contributed by atoms with E-state index in [9.17, 15) is 0 Å². The van der Waals surface area contributed by atoms with Gasteiger partial charge in [0, 0.05) is 23.1 Å². The minimum Gasteiger partial charge on any atom is -0.308 e. The number of rotatable bonds is 6. The molecule has 0 spiro atoms. The summed E-state index contributed by atoms with van der Waals surface area (Å²) in [5, 5.41) is 3.55. The van der Waals surface area contributed by atoms with E-state index in [1.54, 1.807) is 6.20 Å². The number of nitrogens with zero attached hydrogens (tertiary/aromatic N) is 2. The third-order valence-corrected chi connectivity index (χ3v) is 3.32. The molecular formula is C15H18BrN3. The van der Waals surface area contributed by atoms with Crippen molar-refractivity contribution < 1.29 is 0 Å². The smallest absolute Gasteiger partial charge is 0.0576 e. The van der Waals surface area contributed by atoms with Crippen LogP contribution in [0.3, 0.4) is 0 Å². The maximum absolute atomic E-state index is 4.46. The molecule has 1 atom stereocenters. The van der Waals surface area contributed by atoms with Gasteiger partial charge in [-0.15, -0.1) is 0 Å². The van der Waals surface area contributed by atoms with Crippen LogP contribution in [-0.4, -0.2) is 16.5 Å². The van der Waals surface area contributed by atoms with Gasteiger partial charge in [-0.3, -0.25) is 9.97 Å². The molecular weight excluding hydrogens is 302 g/mol. The molecule has 2 aromatic heterocycles. The summed E-state index contributed by atoms with van der Waals surface area (Å²) in [5.41, 5.74) is 2.28. The van der Waals surface area contributed by atoms with Gasteiger partial charge in [-0.05, 0) is 59.1 Å². The first-order chi connectivity index (χ1) is 9.29. The van der Waals surface area contributed by atoms with Crippen LogP contribution in [0.15, 0.2) is 47.3 Å². The molecule has 0 aliphatic rings. The van der Waals surface area contributed by atoms with Gasteiger partial charge in [0.05, 0.1) is 11.7 Å². The Kier molecular flexibility index (Phi) is 5.48. The molecule has 0 aliphatic heterocycles. The highest BCUT2D eigenvalue weighted by molar-refractivity contribution is 9.10. The summed E-state index contributed by atoms with van der Waals surface area (Å²) in [4.78, 5) is 8.67. The Morgan fingerprint density at radius 2 is 2.21 bits per heavy atom. The van der Waals surface area contributed by atoms with E-state index >= 15 is 0 Å². The lowest BCUT2D eigenvalue weighted by Gasteiger charge is -2.18. The number of hydrogen-bond donors (Lipinski definition) is 1. The summed E-state index contributed by atoms with van der Waals surface area (Å²) < 4.78 is 1.01. The Morgan fingerprint density at radius 3 is 2.89 bits per heavy atom. The van der Waals surface area contributed by atoms with Gasteiger partial charge in [0.25, 0.3) is 0 Å². The van der Waals surface area contributed by atoms with Gasteiger partial charge in [-0.25, -0.2) is 0 Å². The fourth-order valence-corrected chi connectivity index (χ4v) is 2.40. The standard InChI is InChI=1S/C15H18BrN3/c1-2-6-18-15(14-5-3-4-7-19-14)9-12-8-13(16)11-17-10-12/h3-5,7-8,10-11,15,18H,2,6,9H2,1H3. The number of hydrogen-bond acceptors (Lipinski definition) is 3. The average Bonchev–Trinajstić information content (AvgIpc) is 2.44. The van der Waals surface area contributed by atoms with E-state index < -0.39 is 0 Å². The van der Waals surface area contributed by atoms with Crippen molar-refractivity contribution in [3.8, 4) is 0 Å². The minimum absolute atomic E-state index is 0.234. The third kappa shape index (κ3) is 4.40. The van der Waals surface area contributed by atoms with E-state index in [-0.39, 0.29) is 6.04 Å². The van der Waals surface area contributed by atoms with Crippen LogP contribution in [0.5, 0.6) is 0 Å². The zero-order chi connectivity index (χ0) is 13.5. The van der Waals surface area contributed by atoms with E-state index in [1.807, 2.05) is 24.5 Å². The molecule has 0 saturated heterocycles. The van der Waals surface area contributed by atoms with Crippen LogP contribution in [0.2, 0.25) is 0 Å². The SMILES string of the molecule is CCCNC(Cc1cncc(Br)c1)c1ccccn1. The first-order valence-electron chi connectivity index (χ1n) is 6.53. The molecule has 2 heterocycles. The molecule has 100 valence electrons. The Balaban J connectivity index is 2.14. The second-order valence-corrected chi connectivity index (χ2v) is 5.39. The van der Waals surface area contributed by atoms with Crippen LogP contribution < -0.4 is 5.32 Å². The van der Waals surface area contributed by atoms with E-state index in [1.165, 1.54) is 5.56 Å². The molecule has 0 bridgehead atoms. The summed E-state index contributed by atoms with van der Waals surface area (Å²) in [7, 11) is 0. The Labute approximate surface area is 122 Å². The van der Waals surface area contributed by atoms with Gasteiger partial charge < -0.3 is 5.32 Å². The monoisotopic (exact) mass is 319 g/mol. The van der Waals surface area contributed by atoms with Crippen LogP contribution in [0, 0.1) is 0 Å². The summed E-state index contributed by atoms with van der Waals surface area (Å²) in [6.45, 7) is 3.16. The highest BCUT2D eigenvalue weighted by atomic mass is 79.9. The largest absolute Gasteiger partial charge is 0.308 e. The van der Waals surface area contributed by atoms with Gasteiger partial charge >= 0.3 is 0 Å². The molecule has 0 aromatic carbocycles. The second-order valence-electron chi connectivity index (χ2n) is 4.48. The van der Waals surface area contributed by atoms with Crippen LogP contribution in [-0.2, 0) is 6.42 Å². The molecule has 2 aromatic rings. The molecule has 19 heavy (non-hydrogen) atoms. The minimum atomic E-state index is 0.234. The van der Waals surface area contributed by atoms with Crippen molar-refractivity contribution >= 4 is 15.9 Å². The third-order valence-electron chi connectivity index (χ3n) is 2.89. The van der Waals surface area contributed by atoms with Gasteiger partial charge in [0.1, 0.15) is 0 Å². The van der Waals surface area contributed by atoms with Gasteiger partial charge in [-0.2, -0.15) is 0 Å². The molecule has 3 nitrogen and oxygen atoms in total. The van der Waals surface area contributed by atoms with Crippen LogP contribution in [0.4, 0.5) is 0 Å². The second kappa shape index (κ2) is 7.36. The van der Waals surface area contributed by atoms with Gasteiger partial charge in [0.2, 0.25) is 0 Å². The Bertz CT molecular complexity index is 502. The molecule has 0 fully saturated rings. The topological polar surface area (TPSA) is 37.8 Å². The van der Waals surface area contributed by atoms with Crippen LogP contribution >= 0.6 is 15.9 Å². The van der Waals surface area contributed by atoms with Crippen molar-refractivity contribution in [2.45, 2.75) is 25.8 Å². The lowest BCUT2D eigenvalue weighted by Crippen LogP contribution is -2.25. The number of halogens is 1. The molecule has 1 unspecified atom stereocenters. The van der Waals surface area contributed by atoms with Crippen molar-refractivity contribution in [2.75, 3.05) is 6.54 Å². The highest BCUT2D eigenvalue weighted by Crippen LogP contribution is 2.18. The van der Waals surface area contributed by atoms with E-state index in [0.29, 0.717) is 0 Å². The number of nitrogens with one attached hydrogen (secondary N) is 1. The summed E-state index contributed by atoms with van der Waals surface area (Å²) in [5.74, 6) is 0. The van der Waals surface area contributed by atoms with Crippen molar-refractivity contribution in [1.29, 1.82) is 0 Å². The number of aromatic nitrogens is 2. The Morgan fingerprint density at radius 1 is 1.32 bits per heavy atom. The molecule has 4 heteroatoms. The average molecular weight is 320 g/mol. The molecule has 0 amide bonds. The van der Waals surface area contributed by atoms with Gasteiger partial charge in [-0.1, -0.05) is 13.0 Å². The summed E-state index contributed by atoms with van der Waals surface area (Å²) >= 11 is 3.46. The van der Waals surface area contributed by atoms with Crippen molar-refractivity contribution in [1.82, 2.24) is 15.3 Å². The van der Waals surface area contributed by atoms with E-state index in [2.05, 4.69) is 50.3 Å². The highest BCUT2D eigenvalue weighted by Gasteiger charge is 2.12. The zero-order valence-corrected chi connectivity index (χ0v) is 12.6. The lowest BCUT2D eigenvalue weighted by molar-refractivity contribution is 0.517. The lowest BCUT2D eigenvalue weighted by atomic mass is 10.0. The summed E-state index contributed by atoms with van der Waals surface area (Å²) in [6.07, 6.45) is 7.56. The quantitative estimate of drug-likeness (QED) is 0.885. The normalized spacial score (nSPS) is 12.3. The predicted molar refractivity (Wildman–Crippen MR) is 80.9 cm³/mol. The number of pyridine rings is 2. The molecule has 2 rings (SSSR count). The van der Waals surface area contributed by atoms with E-state index in [0.717, 1.165) is 29.6 Å². The Hall–Kier alpha value is -1.26. The van der Waals surface area contributed by atoms with Crippen LogP contribution in [0.25, 0.3) is 0 Å². The molecule has 0 saturated carbocycles. The first kappa shape index (κ1) is 14.2. The van der Waals surface area contributed by atoms with E-state index in [4.69, 9.17) is 0 Å². The first-order valence-corrected chi connectivity index (χ1v) is 7.32. The zero-order valence-electron chi connectivity index (χ0n) is 11.0. The van der Waals surface area contributed by atoms with Crippen molar-refractivity contribution in [3.05, 3.63) is 58.6 Å². The molecule has 0 aliphatic carbocycles. The predicted octanol–water partition coefficient (Wildman–Crippen LogP) is 3.52. The van der Waals surface area contributed by atoms with Crippen molar-refractivity contribution in [2.24, 2.45) is 0 Å². The maximum atomic E-state index is 4.46. The van der Waals surface area contributed by atoms with Crippen LogP contribution in [0.1, 0.15) is 30.6 Å².